The van der Waals surface area contributed by atoms with Crippen LogP contribution in [0.2, 0.25) is 0 Å². The topological polar surface area (TPSA) is 17.1 Å². The number of hydrogen-bond donors (Lipinski definition) is 0. The van der Waals surface area contributed by atoms with Crippen molar-refractivity contribution in [2.75, 3.05) is 0 Å². The Morgan fingerprint density at radius 2 is 1.41 bits per heavy atom. The summed E-state index contributed by atoms with van der Waals surface area (Å²) in [5.41, 5.74) is -6.35. The van der Waals surface area contributed by atoms with E-state index >= 15 is 0 Å². The summed E-state index contributed by atoms with van der Waals surface area (Å²) in [6.07, 6.45) is -15.8. The summed E-state index contributed by atoms with van der Waals surface area (Å²) in [6.45, 7) is 0.801. The molecule has 2 rings (SSSR count). The highest BCUT2D eigenvalue weighted by Gasteiger charge is 2.42. The highest BCUT2D eigenvalue weighted by Crippen LogP contribution is 2.41. The Morgan fingerprint density at radius 1 is 0.844 bits per heavy atom. The van der Waals surface area contributed by atoms with Gasteiger partial charge in [0.2, 0.25) is 0 Å². The normalized spacial score (nSPS) is 14.4. The van der Waals surface area contributed by atoms with Gasteiger partial charge in [0, 0.05) is 11.1 Å². The molecule has 2 aromatic carbocycles. The number of halogens is 11. The first-order valence-corrected chi connectivity index (χ1v) is 8.46. The van der Waals surface area contributed by atoms with E-state index in [1.807, 2.05) is 0 Å². The van der Waals surface area contributed by atoms with Crippen LogP contribution in [0.25, 0.3) is 5.83 Å². The first kappa shape index (κ1) is 25.3. The van der Waals surface area contributed by atoms with Crippen LogP contribution in [-0.4, -0.2) is 12.0 Å². The second kappa shape index (κ2) is 8.55. The zero-order chi connectivity index (χ0) is 24.6. The largest absolute Gasteiger partial charge is 0.419 e. The van der Waals surface area contributed by atoms with Gasteiger partial charge < -0.3 is 0 Å². The predicted octanol–water partition coefficient (Wildman–Crippen LogP) is 7.72. The minimum Gasteiger partial charge on any atom is -0.294 e. The molecule has 0 bridgehead atoms. The van der Waals surface area contributed by atoms with E-state index in [0.29, 0.717) is 12.1 Å². The van der Waals surface area contributed by atoms with E-state index in [9.17, 15) is 53.1 Å². The van der Waals surface area contributed by atoms with Crippen LogP contribution in [0.3, 0.4) is 0 Å². The van der Waals surface area contributed by atoms with Gasteiger partial charge in [-0.2, -0.15) is 39.5 Å². The van der Waals surface area contributed by atoms with E-state index in [-0.39, 0.29) is 30.3 Å². The van der Waals surface area contributed by atoms with Crippen molar-refractivity contribution in [1.82, 2.24) is 0 Å². The number of benzene rings is 2. The van der Waals surface area contributed by atoms with Gasteiger partial charge in [0.15, 0.2) is 5.78 Å². The molecule has 0 aromatic heterocycles. The van der Waals surface area contributed by atoms with E-state index in [0.717, 1.165) is 6.92 Å². The van der Waals surface area contributed by atoms with Crippen LogP contribution < -0.4 is 0 Å². The smallest absolute Gasteiger partial charge is 0.294 e. The van der Waals surface area contributed by atoms with E-state index in [4.69, 9.17) is 0 Å². The molecular formula is C20H11F11O. The van der Waals surface area contributed by atoms with Crippen LogP contribution >= 0.6 is 0 Å². The minimum absolute atomic E-state index is 0.0402. The van der Waals surface area contributed by atoms with Crippen LogP contribution in [0, 0.1) is 5.82 Å². The molecule has 12 heteroatoms. The number of hydrogen-bond acceptors (Lipinski definition) is 1. The summed E-state index contributed by atoms with van der Waals surface area (Å²) >= 11 is 0. The third-order valence-electron chi connectivity index (χ3n) is 4.30. The first-order valence-electron chi connectivity index (χ1n) is 8.46. The number of ketones is 1. The molecule has 0 saturated heterocycles. The Labute approximate surface area is 173 Å². The molecule has 0 N–H and O–H groups in total. The van der Waals surface area contributed by atoms with E-state index in [1.165, 1.54) is 0 Å². The number of carbonyl (C=O) groups is 1. The zero-order valence-corrected chi connectivity index (χ0v) is 15.7. The quantitative estimate of drug-likeness (QED) is 0.326. The second-order valence-corrected chi connectivity index (χ2v) is 6.59. The molecule has 2 aromatic rings. The van der Waals surface area contributed by atoms with Gasteiger partial charge in [0.25, 0.3) is 0 Å². The highest BCUT2D eigenvalue weighted by atomic mass is 19.4. The number of Topliss-reactive ketones (excluding diaryl/α,β-unsaturated/α-hetero) is 1. The van der Waals surface area contributed by atoms with Crippen molar-refractivity contribution < 1.29 is 53.1 Å². The van der Waals surface area contributed by atoms with Gasteiger partial charge in [-0.25, -0.2) is 8.78 Å². The fraction of sp³-hybridized carbons (Fsp3) is 0.250. The molecule has 0 aliphatic rings. The van der Waals surface area contributed by atoms with Gasteiger partial charge in [0.1, 0.15) is 17.6 Å². The Kier molecular flexibility index (Phi) is 6.77. The van der Waals surface area contributed by atoms with Gasteiger partial charge in [-0.3, -0.25) is 4.79 Å². The second-order valence-electron chi connectivity index (χ2n) is 6.59. The molecule has 0 radical (unpaired) electrons. The van der Waals surface area contributed by atoms with Gasteiger partial charge in [0.05, 0.1) is 11.1 Å². The van der Waals surface area contributed by atoms with Crippen molar-refractivity contribution in [2.45, 2.75) is 31.4 Å². The van der Waals surface area contributed by atoms with E-state index in [1.54, 1.807) is 0 Å². The van der Waals surface area contributed by atoms with Crippen LogP contribution in [-0.2, 0) is 12.4 Å². The van der Waals surface area contributed by atoms with Crippen molar-refractivity contribution in [3.05, 3.63) is 76.1 Å². The summed E-state index contributed by atoms with van der Waals surface area (Å²) in [4.78, 5) is 11.3. The SMILES string of the molecule is CC(=O)c1ccc(/C(F)=C/C(c2ccc(C(F)(F)F)c(F)c2)C(F)(F)F)cc1C(F)(F)F. The summed E-state index contributed by atoms with van der Waals surface area (Å²) in [7, 11) is 0. The third kappa shape index (κ3) is 5.65. The predicted molar refractivity (Wildman–Crippen MR) is 90.7 cm³/mol. The molecule has 1 unspecified atom stereocenters. The average Bonchev–Trinajstić information content (AvgIpc) is 2.62. The first-order chi connectivity index (χ1) is 14.4. The standard InChI is InChI=1S/C20H11F11O/c1-9(32)12-4-2-11(6-15(12)20(29,30)31)16(21)8-14(19(26,27)28)10-3-5-13(17(22)7-10)18(23,24)25/h2-8,14H,1H3/b16-8-. The molecule has 174 valence electrons. The molecule has 0 heterocycles. The maximum Gasteiger partial charge on any atom is 0.419 e. The minimum atomic E-state index is -5.32. The molecule has 1 atom stereocenters. The highest BCUT2D eigenvalue weighted by molar-refractivity contribution is 5.96. The third-order valence-corrected chi connectivity index (χ3v) is 4.30. The van der Waals surface area contributed by atoms with Crippen LogP contribution in [0.15, 0.2) is 42.5 Å². The summed E-state index contributed by atoms with van der Waals surface area (Å²) < 4.78 is 146. The maximum absolute atomic E-state index is 14.5. The van der Waals surface area contributed by atoms with Crippen molar-refractivity contribution in [2.24, 2.45) is 0 Å². The van der Waals surface area contributed by atoms with Gasteiger partial charge in [-0.05, 0) is 36.8 Å². The summed E-state index contributed by atoms with van der Waals surface area (Å²) in [6, 6.07) is 1.59. The fourth-order valence-electron chi connectivity index (χ4n) is 2.81. The van der Waals surface area contributed by atoms with Gasteiger partial charge >= 0.3 is 18.5 Å². The molecule has 0 spiro atoms. The van der Waals surface area contributed by atoms with Crippen LogP contribution in [0.5, 0.6) is 0 Å². The number of allylic oxidation sites excluding steroid dienone is 1. The van der Waals surface area contributed by atoms with E-state index in [2.05, 4.69) is 0 Å². The van der Waals surface area contributed by atoms with Crippen molar-refractivity contribution in [3.8, 4) is 0 Å². The lowest BCUT2D eigenvalue weighted by molar-refractivity contribution is -0.141. The molecular weight excluding hydrogens is 465 g/mol. The van der Waals surface area contributed by atoms with Crippen molar-refractivity contribution in [3.63, 3.8) is 0 Å². The Balaban J connectivity index is 2.59. The Hall–Kier alpha value is -2.92. The number of carbonyl (C=O) groups excluding carboxylic acids is 1. The summed E-state index contributed by atoms with van der Waals surface area (Å²) in [5.74, 6) is -7.85. The van der Waals surface area contributed by atoms with E-state index < -0.39 is 69.7 Å². The van der Waals surface area contributed by atoms with Crippen LogP contribution in [0.1, 0.15) is 45.5 Å². The molecule has 0 saturated carbocycles. The Morgan fingerprint density at radius 3 is 1.84 bits per heavy atom. The molecule has 0 aliphatic heterocycles. The molecule has 0 amide bonds. The lowest BCUT2D eigenvalue weighted by Gasteiger charge is -2.19. The number of alkyl halides is 9. The number of rotatable bonds is 4. The van der Waals surface area contributed by atoms with Crippen molar-refractivity contribution in [1.29, 1.82) is 0 Å². The molecule has 0 aliphatic carbocycles. The lowest BCUT2D eigenvalue weighted by Crippen LogP contribution is -2.20. The van der Waals surface area contributed by atoms with Gasteiger partial charge in [-0.1, -0.05) is 18.2 Å². The Bertz CT molecular complexity index is 1040. The molecule has 1 nitrogen and oxygen atoms in total. The lowest BCUT2D eigenvalue weighted by atomic mass is 9.94. The van der Waals surface area contributed by atoms with Crippen molar-refractivity contribution >= 4 is 11.6 Å². The summed E-state index contributed by atoms with van der Waals surface area (Å²) in [5, 5.41) is 0. The van der Waals surface area contributed by atoms with Gasteiger partial charge in [-0.15, -0.1) is 0 Å². The maximum atomic E-state index is 14.5. The fourth-order valence-corrected chi connectivity index (χ4v) is 2.81. The molecule has 0 fully saturated rings. The zero-order valence-electron chi connectivity index (χ0n) is 15.7. The average molecular weight is 476 g/mol. The molecule has 32 heavy (non-hydrogen) atoms. The monoisotopic (exact) mass is 476 g/mol. The van der Waals surface area contributed by atoms with Crippen LogP contribution in [0.4, 0.5) is 48.3 Å².